The van der Waals surface area contributed by atoms with Crippen LogP contribution in [-0.2, 0) is 17.9 Å². The number of carbonyl (C=O) groups excluding carboxylic acids is 1. The smallest absolute Gasteiger partial charge is 0.230 e. The van der Waals surface area contributed by atoms with E-state index in [4.69, 9.17) is 4.42 Å². The van der Waals surface area contributed by atoms with E-state index in [0.29, 0.717) is 11.7 Å². The maximum absolute atomic E-state index is 12.7. The molecule has 2 aliphatic heterocycles. The van der Waals surface area contributed by atoms with Crippen LogP contribution in [-0.4, -0.2) is 50.6 Å². The van der Waals surface area contributed by atoms with E-state index in [1.165, 1.54) is 0 Å². The fraction of sp³-hybridized carbons (Fsp3) is 0.684. The molecule has 0 unspecified atom stereocenters. The van der Waals surface area contributed by atoms with Gasteiger partial charge in [0, 0.05) is 13.1 Å². The highest BCUT2D eigenvalue weighted by atomic mass is 16.3. The van der Waals surface area contributed by atoms with Crippen molar-refractivity contribution in [3.8, 4) is 0 Å². The number of nitrogens with zero attached hydrogens (tertiary/aromatic N) is 5. The number of furan rings is 1. The van der Waals surface area contributed by atoms with Crippen LogP contribution in [0.5, 0.6) is 0 Å². The lowest BCUT2D eigenvalue weighted by Crippen LogP contribution is -2.39. The van der Waals surface area contributed by atoms with Gasteiger partial charge in [0.2, 0.25) is 5.91 Å². The summed E-state index contributed by atoms with van der Waals surface area (Å²) in [6.07, 6.45) is 5.07. The molecular weight excluding hydrogens is 344 g/mol. The maximum Gasteiger partial charge on any atom is 0.230 e. The van der Waals surface area contributed by atoms with Gasteiger partial charge in [0.25, 0.3) is 0 Å². The number of fused-ring (bicyclic) bond motifs is 1. The first-order chi connectivity index (χ1) is 13.2. The molecular formula is C19H28N6O2. The highest BCUT2D eigenvalue weighted by Gasteiger charge is 2.29. The van der Waals surface area contributed by atoms with Crippen LogP contribution in [0.15, 0.2) is 16.5 Å². The lowest BCUT2D eigenvalue weighted by atomic mass is 9.95. The third-order valence-electron chi connectivity index (χ3n) is 5.75. The lowest BCUT2D eigenvalue weighted by Gasteiger charge is -2.31. The summed E-state index contributed by atoms with van der Waals surface area (Å²) < 4.78 is 7.46. The van der Waals surface area contributed by atoms with E-state index in [0.717, 1.165) is 76.3 Å². The van der Waals surface area contributed by atoms with Crippen LogP contribution in [0.4, 0.5) is 0 Å². The van der Waals surface area contributed by atoms with Crippen LogP contribution in [0.2, 0.25) is 0 Å². The fourth-order valence-electron chi connectivity index (χ4n) is 4.12. The molecule has 0 spiro atoms. The molecule has 1 saturated heterocycles. The summed E-state index contributed by atoms with van der Waals surface area (Å²) in [5.74, 6) is 3.10. The van der Waals surface area contributed by atoms with Gasteiger partial charge in [-0.2, -0.15) is 0 Å². The molecule has 0 aliphatic carbocycles. The normalized spacial score (nSPS) is 21.6. The van der Waals surface area contributed by atoms with Crippen LogP contribution in [0.3, 0.4) is 0 Å². The first-order valence-electron chi connectivity index (χ1n) is 10.0. The maximum atomic E-state index is 12.7. The molecule has 2 aromatic heterocycles. The first kappa shape index (κ1) is 18.2. The number of nitrogens with one attached hydrogen (secondary N) is 1. The Labute approximate surface area is 159 Å². The van der Waals surface area contributed by atoms with Gasteiger partial charge >= 0.3 is 0 Å². The molecule has 0 radical (unpaired) electrons. The van der Waals surface area contributed by atoms with E-state index < -0.39 is 0 Å². The average Bonchev–Trinajstić information content (AvgIpc) is 3.25. The standard InChI is InChI=1S/C19H28N6O2/c1-14-5-6-16(27-14)13-24-10-7-15(8-11-24)12-20-19(26)17-4-2-3-9-25-18(17)21-22-23-25/h5-6,15,17H,2-4,7-13H2,1H3,(H,20,26)/t17-/m0/s1. The Balaban J connectivity index is 1.24. The molecule has 0 bridgehead atoms. The van der Waals surface area contributed by atoms with Gasteiger partial charge in [-0.15, -0.1) is 5.10 Å². The molecule has 1 N–H and O–H groups in total. The van der Waals surface area contributed by atoms with Crippen molar-refractivity contribution in [2.45, 2.75) is 58.0 Å². The van der Waals surface area contributed by atoms with Gasteiger partial charge in [0.05, 0.1) is 12.5 Å². The quantitative estimate of drug-likeness (QED) is 0.862. The minimum Gasteiger partial charge on any atom is -0.465 e. The Bertz CT molecular complexity index is 762. The van der Waals surface area contributed by atoms with Crippen molar-refractivity contribution < 1.29 is 9.21 Å². The Morgan fingerprint density at radius 3 is 2.85 bits per heavy atom. The molecule has 1 atom stereocenters. The second-order valence-electron chi connectivity index (χ2n) is 7.79. The minimum absolute atomic E-state index is 0.0708. The first-order valence-corrected chi connectivity index (χ1v) is 10.0. The molecule has 2 aromatic rings. The molecule has 8 heteroatoms. The van der Waals surface area contributed by atoms with E-state index in [2.05, 4.69) is 31.8 Å². The number of hydrogen-bond acceptors (Lipinski definition) is 6. The summed E-state index contributed by atoms with van der Waals surface area (Å²) in [6.45, 7) is 6.48. The third-order valence-corrected chi connectivity index (χ3v) is 5.75. The van der Waals surface area contributed by atoms with Crippen LogP contribution in [0.25, 0.3) is 0 Å². The predicted molar refractivity (Wildman–Crippen MR) is 98.9 cm³/mol. The number of likely N-dealkylation sites (tertiary alicyclic amines) is 1. The Morgan fingerprint density at radius 1 is 1.22 bits per heavy atom. The van der Waals surface area contributed by atoms with Gasteiger partial charge in [0.1, 0.15) is 11.5 Å². The third kappa shape index (κ3) is 4.37. The van der Waals surface area contributed by atoms with E-state index in [1.807, 2.05) is 13.0 Å². The Morgan fingerprint density at radius 2 is 2.07 bits per heavy atom. The van der Waals surface area contributed by atoms with Crippen LogP contribution >= 0.6 is 0 Å². The zero-order chi connectivity index (χ0) is 18.6. The van der Waals surface area contributed by atoms with Crippen molar-refractivity contribution in [1.82, 2.24) is 30.4 Å². The molecule has 146 valence electrons. The zero-order valence-electron chi connectivity index (χ0n) is 15.9. The second kappa shape index (κ2) is 8.21. The molecule has 1 amide bonds. The van der Waals surface area contributed by atoms with Gasteiger partial charge in [-0.1, -0.05) is 6.42 Å². The highest BCUT2D eigenvalue weighted by Crippen LogP contribution is 2.25. The average molecular weight is 372 g/mol. The highest BCUT2D eigenvalue weighted by molar-refractivity contribution is 5.82. The number of tetrazole rings is 1. The number of amides is 1. The number of piperidine rings is 1. The molecule has 2 aliphatic rings. The zero-order valence-corrected chi connectivity index (χ0v) is 15.9. The van der Waals surface area contributed by atoms with Crippen molar-refractivity contribution in [3.05, 3.63) is 29.5 Å². The summed E-state index contributed by atoms with van der Waals surface area (Å²) in [7, 11) is 0. The summed E-state index contributed by atoms with van der Waals surface area (Å²) >= 11 is 0. The summed E-state index contributed by atoms with van der Waals surface area (Å²) in [4.78, 5) is 15.1. The van der Waals surface area contributed by atoms with Crippen LogP contribution in [0, 0.1) is 12.8 Å². The molecule has 4 heterocycles. The van der Waals surface area contributed by atoms with Crippen molar-refractivity contribution >= 4 is 5.91 Å². The van der Waals surface area contributed by atoms with Gasteiger partial charge in [-0.05, 0) is 74.2 Å². The summed E-state index contributed by atoms with van der Waals surface area (Å²) in [5.41, 5.74) is 0. The van der Waals surface area contributed by atoms with Crippen molar-refractivity contribution in [2.24, 2.45) is 5.92 Å². The summed E-state index contributed by atoms with van der Waals surface area (Å²) in [5, 5.41) is 15.0. The number of aromatic nitrogens is 4. The van der Waals surface area contributed by atoms with Crippen molar-refractivity contribution in [1.29, 1.82) is 0 Å². The topological polar surface area (TPSA) is 89.1 Å². The molecule has 4 rings (SSSR count). The number of rotatable bonds is 5. The molecule has 1 fully saturated rings. The van der Waals surface area contributed by atoms with Gasteiger partial charge in [0.15, 0.2) is 5.82 Å². The van der Waals surface area contributed by atoms with Crippen LogP contribution in [0.1, 0.15) is 55.4 Å². The fourth-order valence-corrected chi connectivity index (χ4v) is 4.12. The van der Waals surface area contributed by atoms with E-state index in [9.17, 15) is 4.79 Å². The Hall–Kier alpha value is -2.22. The van der Waals surface area contributed by atoms with E-state index in [-0.39, 0.29) is 11.8 Å². The SMILES string of the molecule is Cc1ccc(CN2CCC(CNC(=O)[C@H]3CCCCn4nnnc43)CC2)o1. The van der Waals surface area contributed by atoms with Gasteiger partial charge < -0.3 is 9.73 Å². The number of aryl methyl sites for hydroxylation is 2. The van der Waals surface area contributed by atoms with E-state index in [1.54, 1.807) is 4.68 Å². The molecule has 27 heavy (non-hydrogen) atoms. The largest absolute Gasteiger partial charge is 0.465 e. The van der Waals surface area contributed by atoms with Crippen molar-refractivity contribution in [2.75, 3.05) is 19.6 Å². The van der Waals surface area contributed by atoms with Gasteiger partial charge in [-0.3, -0.25) is 9.69 Å². The number of hydrogen-bond donors (Lipinski definition) is 1. The monoisotopic (exact) mass is 372 g/mol. The summed E-state index contributed by atoms with van der Waals surface area (Å²) in [6, 6.07) is 4.07. The molecule has 0 aromatic carbocycles. The Kier molecular flexibility index (Phi) is 5.52. The second-order valence-corrected chi connectivity index (χ2v) is 7.79. The van der Waals surface area contributed by atoms with Crippen LogP contribution < -0.4 is 5.32 Å². The number of carbonyl (C=O) groups is 1. The lowest BCUT2D eigenvalue weighted by molar-refractivity contribution is -0.123. The minimum atomic E-state index is -0.218. The van der Waals surface area contributed by atoms with E-state index >= 15 is 0 Å². The van der Waals surface area contributed by atoms with Crippen molar-refractivity contribution in [3.63, 3.8) is 0 Å². The van der Waals surface area contributed by atoms with Gasteiger partial charge in [-0.25, -0.2) is 4.68 Å². The molecule has 8 nitrogen and oxygen atoms in total. The molecule has 0 saturated carbocycles. The predicted octanol–water partition coefficient (Wildman–Crippen LogP) is 1.87.